The molecule has 0 aliphatic carbocycles. The summed E-state index contributed by atoms with van der Waals surface area (Å²) in [6.45, 7) is 6.26. The third-order valence-electron chi connectivity index (χ3n) is 5.11. The molecular weight excluding hydrogens is 518 g/mol. The number of nitriles is 2. The minimum Gasteiger partial charge on any atom is -0.490 e. The first-order valence-electron chi connectivity index (χ1n) is 11.2. The number of anilines is 1. The number of benzene rings is 3. The third kappa shape index (κ3) is 6.85. The van der Waals surface area contributed by atoms with Crippen LogP contribution in [0, 0.1) is 22.7 Å². The standard InChI is InChI=1S/C29H24BrN3O3/c1-3-7-21-14-20(15-24(18-32)29(34)33-26-12-10-25(30)11-13-26)16-27(35-4-2)28(21)36-19-23-9-6-5-8-22(23)17-31/h3,5-6,8-16H,1,4,7,19H2,2H3,(H,33,34)/b24-15+. The fourth-order valence-electron chi connectivity index (χ4n) is 3.45. The normalized spacial score (nSPS) is 10.6. The van der Waals surface area contributed by atoms with Gasteiger partial charge < -0.3 is 14.8 Å². The fourth-order valence-corrected chi connectivity index (χ4v) is 3.72. The molecule has 1 amide bonds. The number of ether oxygens (including phenoxy) is 2. The second kappa shape index (κ2) is 12.9. The Kier molecular flexibility index (Phi) is 9.45. The van der Waals surface area contributed by atoms with Crippen molar-refractivity contribution < 1.29 is 14.3 Å². The van der Waals surface area contributed by atoms with Crippen molar-refractivity contribution in [1.29, 1.82) is 10.5 Å². The first kappa shape index (κ1) is 26.3. The van der Waals surface area contributed by atoms with Crippen LogP contribution in [0.25, 0.3) is 6.08 Å². The Hall–Kier alpha value is -4.33. The van der Waals surface area contributed by atoms with E-state index >= 15 is 0 Å². The van der Waals surface area contributed by atoms with Crippen LogP contribution in [0.15, 0.2) is 83.4 Å². The van der Waals surface area contributed by atoms with Crippen LogP contribution in [0.4, 0.5) is 5.69 Å². The number of nitrogens with one attached hydrogen (secondary N) is 1. The summed E-state index contributed by atoms with van der Waals surface area (Å²) in [6.07, 6.45) is 3.72. The molecule has 0 saturated heterocycles. The molecule has 0 aliphatic rings. The van der Waals surface area contributed by atoms with Gasteiger partial charge in [-0.1, -0.05) is 40.2 Å². The summed E-state index contributed by atoms with van der Waals surface area (Å²) in [7, 11) is 0. The van der Waals surface area contributed by atoms with Gasteiger partial charge in [0.15, 0.2) is 11.5 Å². The zero-order valence-corrected chi connectivity index (χ0v) is 21.3. The van der Waals surface area contributed by atoms with Crippen molar-refractivity contribution in [3.05, 3.63) is 106 Å². The lowest BCUT2D eigenvalue weighted by Crippen LogP contribution is -2.13. The van der Waals surface area contributed by atoms with E-state index in [0.29, 0.717) is 41.3 Å². The molecule has 3 aromatic rings. The first-order chi connectivity index (χ1) is 17.5. The van der Waals surface area contributed by atoms with Gasteiger partial charge in [-0.2, -0.15) is 10.5 Å². The summed E-state index contributed by atoms with van der Waals surface area (Å²) in [5.74, 6) is 0.485. The number of amides is 1. The Balaban J connectivity index is 1.94. The van der Waals surface area contributed by atoms with Gasteiger partial charge in [-0.05, 0) is 67.4 Å². The maximum atomic E-state index is 12.7. The average molecular weight is 542 g/mol. The molecule has 0 aromatic heterocycles. The van der Waals surface area contributed by atoms with Crippen molar-refractivity contribution in [2.24, 2.45) is 0 Å². The van der Waals surface area contributed by atoms with Crippen LogP contribution in [0.1, 0.15) is 29.2 Å². The predicted octanol–water partition coefficient (Wildman–Crippen LogP) is 6.57. The number of allylic oxidation sites excluding steroid dienone is 1. The molecule has 0 heterocycles. The molecule has 0 spiro atoms. The van der Waals surface area contributed by atoms with Gasteiger partial charge in [0.25, 0.3) is 5.91 Å². The SMILES string of the molecule is C=CCc1cc(/C=C(\C#N)C(=O)Nc2ccc(Br)cc2)cc(OCC)c1OCc1ccccc1C#N. The highest BCUT2D eigenvalue weighted by atomic mass is 79.9. The molecule has 3 rings (SSSR count). The van der Waals surface area contributed by atoms with E-state index in [1.54, 1.807) is 48.5 Å². The largest absolute Gasteiger partial charge is 0.490 e. The molecular formula is C29H24BrN3O3. The summed E-state index contributed by atoms with van der Waals surface area (Å²) in [4.78, 5) is 12.7. The lowest BCUT2D eigenvalue weighted by Gasteiger charge is -2.17. The second-order valence-corrected chi connectivity index (χ2v) is 8.54. The number of carbonyl (C=O) groups is 1. The van der Waals surface area contributed by atoms with E-state index in [9.17, 15) is 15.3 Å². The lowest BCUT2D eigenvalue weighted by molar-refractivity contribution is -0.112. The van der Waals surface area contributed by atoms with Gasteiger partial charge in [0.1, 0.15) is 18.2 Å². The van der Waals surface area contributed by atoms with Crippen molar-refractivity contribution in [2.75, 3.05) is 11.9 Å². The van der Waals surface area contributed by atoms with Gasteiger partial charge in [-0.25, -0.2) is 0 Å². The first-order valence-corrected chi connectivity index (χ1v) is 12.0. The molecule has 0 atom stereocenters. The van der Waals surface area contributed by atoms with Crippen molar-refractivity contribution >= 4 is 33.6 Å². The minimum absolute atomic E-state index is 0.0541. The van der Waals surface area contributed by atoms with Crippen molar-refractivity contribution in [1.82, 2.24) is 0 Å². The number of hydrogen-bond donors (Lipinski definition) is 1. The molecule has 180 valence electrons. The highest BCUT2D eigenvalue weighted by Gasteiger charge is 2.16. The molecule has 0 bridgehead atoms. The summed E-state index contributed by atoms with van der Waals surface area (Å²) in [5, 5.41) is 21.8. The van der Waals surface area contributed by atoms with Crippen molar-refractivity contribution in [3.8, 4) is 23.6 Å². The van der Waals surface area contributed by atoms with Gasteiger partial charge in [0.05, 0.1) is 18.2 Å². The molecule has 0 saturated carbocycles. The maximum Gasteiger partial charge on any atom is 0.266 e. The Bertz CT molecular complexity index is 1370. The minimum atomic E-state index is -0.517. The molecule has 0 fully saturated rings. The van der Waals surface area contributed by atoms with Crippen molar-refractivity contribution in [2.45, 2.75) is 20.0 Å². The van der Waals surface area contributed by atoms with Crippen LogP contribution in [0.3, 0.4) is 0 Å². The van der Waals surface area contributed by atoms with E-state index in [1.165, 1.54) is 6.08 Å². The van der Waals surface area contributed by atoms with E-state index in [1.807, 2.05) is 31.2 Å². The molecule has 7 heteroatoms. The lowest BCUT2D eigenvalue weighted by atomic mass is 10.0. The molecule has 0 unspecified atom stereocenters. The van der Waals surface area contributed by atoms with Gasteiger partial charge in [0.2, 0.25) is 0 Å². The van der Waals surface area contributed by atoms with Crippen LogP contribution < -0.4 is 14.8 Å². The molecule has 36 heavy (non-hydrogen) atoms. The smallest absolute Gasteiger partial charge is 0.266 e. The summed E-state index contributed by atoms with van der Waals surface area (Å²) in [6, 6.07) is 22.0. The Labute approximate surface area is 219 Å². The number of rotatable bonds is 10. The van der Waals surface area contributed by atoms with Gasteiger partial charge in [-0.3, -0.25) is 4.79 Å². The van der Waals surface area contributed by atoms with Crippen LogP contribution in [-0.2, 0) is 17.8 Å². The zero-order chi connectivity index (χ0) is 25.9. The van der Waals surface area contributed by atoms with Gasteiger partial charge >= 0.3 is 0 Å². The molecule has 1 N–H and O–H groups in total. The van der Waals surface area contributed by atoms with Crippen LogP contribution in [0.2, 0.25) is 0 Å². The van der Waals surface area contributed by atoms with E-state index in [2.05, 4.69) is 33.9 Å². The second-order valence-electron chi connectivity index (χ2n) is 7.62. The zero-order valence-electron chi connectivity index (χ0n) is 19.8. The number of hydrogen-bond acceptors (Lipinski definition) is 5. The van der Waals surface area contributed by atoms with Crippen LogP contribution >= 0.6 is 15.9 Å². The van der Waals surface area contributed by atoms with Crippen molar-refractivity contribution in [3.63, 3.8) is 0 Å². The van der Waals surface area contributed by atoms with Gasteiger partial charge in [-0.15, -0.1) is 6.58 Å². The van der Waals surface area contributed by atoms with E-state index in [-0.39, 0.29) is 12.2 Å². The van der Waals surface area contributed by atoms with E-state index in [0.717, 1.165) is 15.6 Å². The number of carbonyl (C=O) groups excluding carboxylic acids is 1. The topological polar surface area (TPSA) is 95.1 Å². The van der Waals surface area contributed by atoms with Gasteiger partial charge in [0, 0.05) is 21.3 Å². The van der Waals surface area contributed by atoms with Crippen LogP contribution in [-0.4, -0.2) is 12.5 Å². The Morgan fingerprint density at radius 3 is 2.50 bits per heavy atom. The number of halogens is 1. The third-order valence-corrected chi connectivity index (χ3v) is 5.63. The highest BCUT2D eigenvalue weighted by Crippen LogP contribution is 2.35. The molecule has 3 aromatic carbocycles. The maximum absolute atomic E-state index is 12.7. The number of nitrogens with zero attached hydrogens (tertiary/aromatic N) is 2. The van der Waals surface area contributed by atoms with E-state index < -0.39 is 5.91 Å². The Morgan fingerprint density at radius 1 is 1.08 bits per heavy atom. The fraction of sp³-hybridized carbons (Fsp3) is 0.138. The highest BCUT2D eigenvalue weighted by molar-refractivity contribution is 9.10. The summed E-state index contributed by atoms with van der Waals surface area (Å²) < 4.78 is 12.9. The summed E-state index contributed by atoms with van der Waals surface area (Å²) >= 11 is 3.35. The van der Waals surface area contributed by atoms with Crippen LogP contribution in [0.5, 0.6) is 11.5 Å². The molecule has 0 aliphatic heterocycles. The predicted molar refractivity (Wildman–Crippen MR) is 143 cm³/mol. The average Bonchev–Trinajstić information content (AvgIpc) is 2.88. The molecule has 6 nitrogen and oxygen atoms in total. The van der Waals surface area contributed by atoms with E-state index in [4.69, 9.17) is 9.47 Å². The molecule has 0 radical (unpaired) electrons. The monoisotopic (exact) mass is 541 g/mol. The summed E-state index contributed by atoms with van der Waals surface area (Å²) in [5.41, 5.74) is 3.21. The quantitative estimate of drug-likeness (QED) is 0.178. The Morgan fingerprint density at radius 2 is 1.83 bits per heavy atom.